The second-order valence-corrected chi connectivity index (χ2v) is 5.73. The van der Waals surface area contributed by atoms with E-state index >= 15 is 0 Å². The number of rotatable bonds is 4. The van der Waals surface area contributed by atoms with Gasteiger partial charge in [0.2, 0.25) is 0 Å². The molecular weight excluding hydrogens is 296 g/mol. The highest BCUT2D eigenvalue weighted by molar-refractivity contribution is 5.92. The van der Waals surface area contributed by atoms with Crippen LogP contribution in [0.4, 0.5) is 0 Å². The van der Waals surface area contributed by atoms with E-state index in [2.05, 4.69) is 27.8 Å². The molecule has 2 N–H and O–H groups in total. The Bertz CT molecular complexity index is 726. The number of aryl methyl sites for hydroxylation is 1. The van der Waals surface area contributed by atoms with Gasteiger partial charge in [0.25, 0.3) is 5.91 Å². The molecule has 1 aliphatic rings. The van der Waals surface area contributed by atoms with E-state index in [-0.39, 0.29) is 24.2 Å². The number of benzene rings is 1. The third kappa shape index (κ3) is 3.74. The summed E-state index contributed by atoms with van der Waals surface area (Å²) in [5.74, 6) is -1.34. The van der Waals surface area contributed by atoms with Crippen LogP contribution in [0.15, 0.2) is 30.5 Å². The smallest absolute Gasteiger partial charge is 0.325 e. The molecular formula is C16H18N4O3. The van der Waals surface area contributed by atoms with Crippen LogP contribution in [0, 0.1) is 0 Å². The van der Waals surface area contributed by atoms with Gasteiger partial charge >= 0.3 is 5.97 Å². The summed E-state index contributed by atoms with van der Waals surface area (Å²) in [5.41, 5.74) is 2.75. The minimum atomic E-state index is -1.03. The van der Waals surface area contributed by atoms with Crippen LogP contribution in [0.3, 0.4) is 0 Å². The van der Waals surface area contributed by atoms with Crippen LogP contribution in [0.25, 0.3) is 0 Å². The molecule has 1 aromatic heterocycles. The Morgan fingerprint density at radius 2 is 2.09 bits per heavy atom. The Morgan fingerprint density at radius 3 is 2.87 bits per heavy atom. The largest absolute Gasteiger partial charge is 0.480 e. The fraction of sp³-hybridized carbons (Fsp3) is 0.375. The highest BCUT2D eigenvalue weighted by Crippen LogP contribution is 2.20. The molecule has 1 atom stereocenters. The fourth-order valence-electron chi connectivity index (χ4n) is 2.91. The average molecular weight is 314 g/mol. The zero-order valence-electron chi connectivity index (χ0n) is 12.6. The highest BCUT2D eigenvalue weighted by atomic mass is 16.4. The molecule has 0 saturated carbocycles. The lowest BCUT2D eigenvalue weighted by Gasteiger charge is -2.16. The number of aliphatic carboxylic acids is 1. The maximum atomic E-state index is 12.3. The number of amides is 1. The maximum absolute atomic E-state index is 12.3. The number of carboxylic acids is 1. The van der Waals surface area contributed by atoms with Gasteiger partial charge < -0.3 is 10.4 Å². The Balaban J connectivity index is 1.66. The summed E-state index contributed by atoms with van der Waals surface area (Å²) in [6, 6.07) is 8.34. The van der Waals surface area contributed by atoms with E-state index in [1.165, 1.54) is 17.3 Å². The van der Waals surface area contributed by atoms with Gasteiger partial charge in [-0.05, 0) is 36.8 Å². The summed E-state index contributed by atoms with van der Waals surface area (Å²) in [4.78, 5) is 22.9. The average Bonchev–Trinajstić information content (AvgIpc) is 2.87. The maximum Gasteiger partial charge on any atom is 0.325 e. The summed E-state index contributed by atoms with van der Waals surface area (Å²) in [6.07, 6.45) is 5.11. The standard InChI is InChI=1S/C16H18N4O3/c21-15(22)10-20-9-14(18-19-20)16(23)17-13-7-3-6-11-4-1-2-5-12(11)8-13/h1-2,4-5,9,13H,3,6-8,10H2,(H,17,23)(H,21,22). The molecule has 1 unspecified atom stereocenters. The molecule has 1 amide bonds. The van der Waals surface area contributed by atoms with Crippen molar-refractivity contribution in [3.05, 3.63) is 47.3 Å². The Kier molecular flexibility index (Phi) is 4.36. The van der Waals surface area contributed by atoms with Gasteiger partial charge in [-0.25, -0.2) is 4.68 Å². The highest BCUT2D eigenvalue weighted by Gasteiger charge is 2.20. The van der Waals surface area contributed by atoms with Crippen LogP contribution in [0.5, 0.6) is 0 Å². The van der Waals surface area contributed by atoms with Crippen LogP contribution >= 0.6 is 0 Å². The van der Waals surface area contributed by atoms with Crippen LogP contribution in [-0.2, 0) is 24.2 Å². The van der Waals surface area contributed by atoms with Crippen molar-refractivity contribution in [2.24, 2.45) is 0 Å². The predicted octanol–water partition coefficient (Wildman–Crippen LogP) is 1.04. The molecule has 3 rings (SSSR count). The van der Waals surface area contributed by atoms with Gasteiger partial charge in [-0.2, -0.15) is 0 Å². The van der Waals surface area contributed by atoms with Gasteiger partial charge in [0.05, 0.1) is 6.20 Å². The van der Waals surface area contributed by atoms with Crippen molar-refractivity contribution in [3.63, 3.8) is 0 Å². The number of aromatic nitrogens is 3. The van der Waals surface area contributed by atoms with Crippen molar-refractivity contribution < 1.29 is 14.7 Å². The monoisotopic (exact) mass is 314 g/mol. The van der Waals surface area contributed by atoms with Gasteiger partial charge in [0, 0.05) is 6.04 Å². The molecule has 0 aliphatic heterocycles. The Hall–Kier alpha value is -2.70. The molecule has 1 aromatic carbocycles. The molecule has 7 nitrogen and oxygen atoms in total. The molecule has 120 valence electrons. The fourth-order valence-corrected chi connectivity index (χ4v) is 2.91. The number of hydrogen-bond acceptors (Lipinski definition) is 4. The van der Waals surface area contributed by atoms with E-state index in [9.17, 15) is 9.59 Å². The number of nitrogens with one attached hydrogen (secondary N) is 1. The second-order valence-electron chi connectivity index (χ2n) is 5.73. The summed E-state index contributed by atoms with van der Waals surface area (Å²) < 4.78 is 1.14. The van der Waals surface area contributed by atoms with Gasteiger partial charge in [-0.15, -0.1) is 5.10 Å². The molecule has 0 saturated heterocycles. The molecule has 7 heteroatoms. The minimum absolute atomic E-state index is 0.0516. The molecule has 0 spiro atoms. The molecule has 0 bridgehead atoms. The first kappa shape index (κ1) is 15.2. The lowest BCUT2D eigenvalue weighted by atomic mass is 10.0. The van der Waals surface area contributed by atoms with Gasteiger partial charge in [0.15, 0.2) is 5.69 Å². The van der Waals surface area contributed by atoms with Crippen LogP contribution in [-0.4, -0.2) is 38.0 Å². The predicted molar refractivity (Wildman–Crippen MR) is 82.0 cm³/mol. The summed E-state index contributed by atoms with van der Waals surface area (Å²) >= 11 is 0. The summed E-state index contributed by atoms with van der Waals surface area (Å²) in [6.45, 7) is -0.308. The third-order valence-electron chi connectivity index (χ3n) is 3.99. The quantitative estimate of drug-likeness (QED) is 0.822. The van der Waals surface area contributed by atoms with Crippen molar-refractivity contribution in [1.82, 2.24) is 20.3 Å². The molecule has 23 heavy (non-hydrogen) atoms. The van der Waals surface area contributed by atoms with Crippen LogP contribution in [0.1, 0.15) is 34.5 Å². The SMILES string of the molecule is O=C(O)Cn1cc(C(=O)NC2CCCc3ccccc3C2)nn1. The minimum Gasteiger partial charge on any atom is -0.480 e. The third-order valence-corrected chi connectivity index (χ3v) is 3.99. The Labute approximate surface area is 133 Å². The summed E-state index contributed by atoms with van der Waals surface area (Å²) in [7, 11) is 0. The number of hydrogen-bond donors (Lipinski definition) is 2. The Morgan fingerprint density at radius 1 is 1.30 bits per heavy atom. The first-order valence-electron chi connectivity index (χ1n) is 7.61. The lowest BCUT2D eigenvalue weighted by molar-refractivity contribution is -0.137. The zero-order chi connectivity index (χ0) is 16.2. The molecule has 1 heterocycles. The van der Waals surface area contributed by atoms with Crippen molar-refractivity contribution in [3.8, 4) is 0 Å². The van der Waals surface area contributed by atoms with E-state index in [4.69, 9.17) is 5.11 Å². The first-order chi connectivity index (χ1) is 11.1. The second kappa shape index (κ2) is 6.60. The molecule has 0 fully saturated rings. The topological polar surface area (TPSA) is 97.1 Å². The number of nitrogens with zero attached hydrogens (tertiary/aromatic N) is 3. The van der Waals surface area contributed by atoms with Gasteiger partial charge in [0.1, 0.15) is 6.54 Å². The molecule has 0 radical (unpaired) electrons. The van der Waals surface area contributed by atoms with Crippen molar-refractivity contribution in [2.75, 3.05) is 0 Å². The molecule has 2 aromatic rings. The lowest BCUT2D eigenvalue weighted by Crippen LogP contribution is -2.36. The van der Waals surface area contributed by atoms with E-state index < -0.39 is 5.97 Å². The summed E-state index contributed by atoms with van der Waals surface area (Å²) in [5, 5.41) is 19.1. The van der Waals surface area contributed by atoms with E-state index in [0.717, 1.165) is 30.4 Å². The van der Waals surface area contributed by atoms with Crippen LogP contribution < -0.4 is 5.32 Å². The van der Waals surface area contributed by atoms with Crippen molar-refractivity contribution in [1.29, 1.82) is 0 Å². The van der Waals surface area contributed by atoms with E-state index in [1.54, 1.807) is 0 Å². The van der Waals surface area contributed by atoms with Crippen LogP contribution in [0.2, 0.25) is 0 Å². The first-order valence-corrected chi connectivity index (χ1v) is 7.61. The number of carbonyl (C=O) groups excluding carboxylic acids is 1. The number of carbonyl (C=O) groups is 2. The van der Waals surface area contributed by atoms with E-state index in [1.807, 2.05) is 12.1 Å². The number of fused-ring (bicyclic) bond motifs is 1. The van der Waals surface area contributed by atoms with Crippen molar-refractivity contribution in [2.45, 2.75) is 38.3 Å². The normalized spacial score (nSPS) is 17.1. The van der Waals surface area contributed by atoms with Gasteiger partial charge in [-0.3, -0.25) is 9.59 Å². The molecule has 1 aliphatic carbocycles. The zero-order valence-corrected chi connectivity index (χ0v) is 12.6. The van der Waals surface area contributed by atoms with Gasteiger partial charge in [-0.1, -0.05) is 29.5 Å². The number of carboxylic acid groups (broad SMARTS) is 1. The van der Waals surface area contributed by atoms with Crippen molar-refractivity contribution >= 4 is 11.9 Å². The van der Waals surface area contributed by atoms with E-state index in [0.29, 0.717) is 0 Å².